The largest absolute Gasteiger partial charge is 0.495 e. The number of hydrogen-bond donors (Lipinski definition) is 1. The van der Waals surface area contributed by atoms with Crippen LogP contribution >= 0.6 is 11.3 Å². The number of thiophene rings is 1. The zero-order valence-corrected chi connectivity index (χ0v) is 23.0. The fourth-order valence-electron chi connectivity index (χ4n) is 5.12. The molecule has 1 saturated heterocycles. The number of anilines is 2. The Morgan fingerprint density at radius 3 is 2.61 bits per heavy atom. The molecule has 0 radical (unpaired) electrons. The van der Waals surface area contributed by atoms with Gasteiger partial charge < -0.3 is 29.3 Å². The molecule has 4 heterocycles. The number of alkyl halides is 3. The predicted molar refractivity (Wildman–Crippen MR) is 144 cm³/mol. The van der Waals surface area contributed by atoms with Crippen LogP contribution < -0.4 is 19.3 Å². The van der Waals surface area contributed by atoms with E-state index < -0.39 is 35.3 Å². The molecule has 15 heteroatoms. The van der Waals surface area contributed by atoms with Gasteiger partial charge in [0.15, 0.2) is 0 Å². The number of benzene rings is 1. The molecule has 0 bridgehead atoms. The van der Waals surface area contributed by atoms with Crippen LogP contribution in [0.5, 0.6) is 11.6 Å². The van der Waals surface area contributed by atoms with Gasteiger partial charge in [-0.3, -0.25) is 4.79 Å². The lowest BCUT2D eigenvalue weighted by atomic mass is 10.00. The molecule has 10 nitrogen and oxygen atoms in total. The molecule has 0 unspecified atom stereocenters. The Hall–Kier alpha value is -4.14. The van der Waals surface area contributed by atoms with E-state index in [4.69, 9.17) is 9.47 Å². The van der Waals surface area contributed by atoms with E-state index in [0.717, 1.165) is 23.5 Å². The van der Waals surface area contributed by atoms with Crippen LogP contribution in [0.4, 0.5) is 34.8 Å². The Labute approximate surface area is 236 Å². The molecule has 218 valence electrons. The number of hydrogen-bond acceptors (Lipinski definition) is 10. The number of guanidine groups is 1. The molecule has 2 aliphatic heterocycles. The van der Waals surface area contributed by atoms with Crippen molar-refractivity contribution in [3.05, 3.63) is 52.2 Å². The fourth-order valence-corrected chi connectivity index (χ4v) is 5.89. The Morgan fingerprint density at radius 1 is 1.17 bits per heavy atom. The highest BCUT2D eigenvalue weighted by molar-refractivity contribution is 7.08. The second-order valence-corrected chi connectivity index (χ2v) is 10.3. The van der Waals surface area contributed by atoms with Crippen LogP contribution in [0.2, 0.25) is 0 Å². The number of fused-ring (bicyclic) bond motifs is 1. The van der Waals surface area contributed by atoms with Crippen LogP contribution in [0.15, 0.2) is 41.0 Å². The minimum Gasteiger partial charge on any atom is -0.495 e. The Balaban J connectivity index is 1.60. The average molecular weight is 595 g/mol. The first kappa shape index (κ1) is 28.4. The number of aromatic nitrogens is 2. The maximum absolute atomic E-state index is 14.9. The summed E-state index contributed by atoms with van der Waals surface area (Å²) in [6.07, 6.45) is -3.80. The molecule has 41 heavy (non-hydrogen) atoms. The number of halogens is 4. The normalized spacial score (nSPS) is 19.1. The van der Waals surface area contributed by atoms with Crippen molar-refractivity contribution >= 4 is 40.5 Å². The third-order valence-electron chi connectivity index (χ3n) is 7.02. The lowest BCUT2D eigenvalue weighted by Crippen LogP contribution is -2.58. The molecule has 3 aromatic rings. The third-order valence-corrected chi connectivity index (χ3v) is 7.79. The van der Waals surface area contributed by atoms with E-state index in [9.17, 15) is 27.5 Å². The van der Waals surface area contributed by atoms with E-state index in [1.165, 1.54) is 36.9 Å². The first-order valence-electron chi connectivity index (χ1n) is 12.5. The van der Waals surface area contributed by atoms with Crippen molar-refractivity contribution in [2.45, 2.75) is 31.6 Å². The molecule has 0 aliphatic carbocycles. The van der Waals surface area contributed by atoms with Gasteiger partial charge in [0.05, 0.1) is 37.9 Å². The molecular weight excluding hydrogens is 568 g/mol. The summed E-state index contributed by atoms with van der Waals surface area (Å²) in [6, 6.07) is 3.45. The number of carboxylic acids is 1. The number of methoxy groups -OCH3 is 2. The topological polar surface area (TPSA) is 104 Å². The van der Waals surface area contributed by atoms with E-state index in [1.54, 1.807) is 6.07 Å². The van der Waals surface area contributed by atoms with Gasteiger partial charge in [0.25, 0.3) is 0 Å². The Morgan fingerprint density at radius 2 is 1.95 bits per heavy atom. The van der Waals surface area contributed by atoms with Gasteiger partial charge in [-0.1, -0.05) is 0 Å². The molecule has 1 N–H and O–H groups in total. The minimum absolute atomic E-state index is 0.0194. The molecule has 5 rings (SSSR count). The lowest BCUT2D eigenvalue weighted by Gasteiger charge is -2.46. The van der Waals surface area contributed by atoms with Gasteiger partial charge in [-0.15, -0.1) is 11.3 Å². The van der Waals surface area contributed by atoms with E-state index >= 15 is 0 Å². The zero-order valence-electron chi connectivity index (χ0n) is 22.2. The van der Waals surface area contributed by atoms with Crippen LogP contribution in [0, 0.1) is 5.13 Å². The van der Waals surface area contributed by atoms with Crippen molar-refractivity contribution in [1.82, 2.24) is 14.9 Å². The number of ether oxygens (including phenoxy) is 2. The molecule has 1 fully saturated rings. The van der Waals surface area contributed by atoms with Crippen molar-refractivity contribution in [1.29, 1.82) is 0 Å². The van der Waals surface area contributed by atoms with E-state index in [2.05, 4.69) is 15.0 Å². The van der Waals surface area contributed by atoms with Gasteiger partial charge >= 0.3 is 12.1 Å². The smallest absolute Gasteiger partial charge is 0.416 e. The maximum Gasteiger partial charge on any atom is 0.416 e. The predicted octanol–water partition coefficient (Wildman–Crippen LogP) is 4.95. The third kappa shape index (κ3) is 5.45. The summed E-state index contributed by atoms with van der Waals surface area (Å²) < 4.78 is 67.0. The summed E-state index contributed by atoms with van der Waals surface area (Å²) >= 11 is 0.759. The quantitative estimate of drug-likeness (QED) is 0.397. The summed E-state index contributed by atoms with van der Waals surface area (Å²) in [5.41, 5.74) is -0.716. The number of carbonyl (C=O) groups is 1. The monoisotopic (exact) mass is 594 g/mol. The Kier molecular flexibility index (Phi) is 7.64. The van der Waals surface area contributed by atoms with Gasteiger partial charge in [0.1, 0.15) is 23.6 Å². The van der Waals surface area contributed by atoms with Gasteiger partial charge in [-0.25, -0.2) is 15.0 Å². The average Bonchev–Trinajstić information content (AvgIpc) is 3.32. The molecule has 1 aromatic carbocycles. The van der Waals surface area contributed by atoms with Crippen LogP contribution in [0.3, 0.4) is 0 Å². The number of aliphatic imine (C=N–C) groups is 1. The summed E-state index contributed by atoms with van der Waals surface area (Å²) in [4.78, 5) is 30.2. The summed E-state index contributed by atoms with van der Waals surface area (Å²) in [6.45, 7) is 3.01. The second kappa shape index (κ2) is 11.0. The molecule has 0 amide bonds. The summed E-state index contributed by atoms with van der Waals surface area (Å²) in [5, 5.41) is 10.6. The molecule has 0 saturated carbocycles. The van der Waals surface area contributed by atoms with Gasteiger partial charge in [-0.05, 0) is 25.1 Å². The molecule has 2 aromatic heterocycles. The van der Waals surface area contributed by atoms with E-state index in [1.807, 2.05) is 16.7 Å². The van der Waals surface area contributed by atoms with Crippen LogP contribution in [-0.2, 0) is 11.0 Å². The zero-order chi connectivity index (χ0) is 29.5. The first-order chi connectivity index (χ1) is 19.5. The first-order valence-corrected chi connectivity index (χ1v) is 13.4. The van der Waals surface area contributed by atoms with E-state index in [0.29, 0.717) is 31.3 Å². The number of aliphatic carboxylic acids is 1. The van der Waals surface area contributed by atoms with Crippen LogP contribution in [0.25, 0.3) is 0 Å². The highest BCUT2D eigenvalue weighted by atomic mass is 32.1. The van der Waals surface area contributed by atoms with Crippen molar-refractivity contribution < 1.29 is 36.9 Å². The molecule has 2 aliphatic rings. The van der Waals surface area contributed by atoms with Crippen molar-refractivity contribution in [3.63, 3.8) is 0 Å². The number of carboxylic acid groups (broad SMARTS) is 1. The second-order valence-electron chi connectivity index (χ2n) is 9.50. The van der Waals surface area contributed by atoms with E-state index in [-0.39, 0.29) is 34.7 Å². The molecular formula is C26H26F4N6O4S. The van der Waals surface area contributed by atoms with Crippen LogP contribution in [-0.4, -0.2) is 71.8 Å². The van der Waals surface area contributed by atoms with Crippen LogP contribution in [0.1, 0.15) is 30.5 Å². The SMILES string of the molecule is COc1cc(N2CCN(C3=Nc4c(csc4F)[C@@H](CC(=O)O)N3c3cc(C(F)(F)F)ccc3OC)C[C@H]2C)ncn1. The lowest BCUT2D eigenvalue weighted by molar-refractivity contribution is -0.138. The fraction of sp³-hybridized carbons (Fsp3) is 0.385. The molecule has 0 spiro atoms. The van der Waals surface area contributed by atoms with Gasteiger partial charge in [0, 0.05) is 42.7 Å². The number of rotatable bonds is 6. The number of piperazine rings is 1. The van der Waals surface area contributed by atoms with Crippen molar-refractivity contribution in [2.24, 2.45) is 4.99 Å². The Bertz CT molecular complexity index is 1480. The maximum atomic E-state index is 14.9. The van der Waals surface area contributed by atoms with Crippen molar-refractivity contribution in [2.75, 3.05) is 43.7 Å². The van der Waals surface area contributed by atoms with Crippen molar-refractivity contribution in [3.8, 4) is 11.6 Å². The summed E-state index contributed by atoms with van der Waals surface area (Å²) in [7, 11) is 2.81. The standard InChI is InChI=1S/C26H26F4N6O4S/c1-14-11-34(6-7-35(14)20-10-21(40-3)32-13-31-20)25-33-23-16(12-41-24(23)27)17(9-22(37)38)36(25)18-8-15(26(28,29)30)4-5-19(18)39-2/h4-5,8,10,12-14,17H,6-7,9,11H2,1-3H3,(H,37,38)/t14-,17-/m1/s1. The van der Waals surface area contributed by atoms with Gasteiger partial charge in [-0.2, -0.15) is 17.6 Å². The highest BCUT2D eigenvalue weighted by Gasteiger charge is 2.41. The highest BCUT2D eigenvalue weighted by Crippen LogP contribution is 2.47. The molecule has 2 atom stereocenters. The summed E-state index contributed by atoms with van der Waals surface area (Å²) in [5.74, 6) is 0.0214. The number of nitrogens with zero attached hydrogens (tertiary/aromatic N) is 6. The minimum atomic E-state index is -4.67. The van der Waals surface area contributed by atoms with Gasteiger partial charge in [0.2, 0.25) is 17.0 Å².